The SMILES string of the molecule is O=C(Cc1cccc(Cl)c1)Nc1cn(-c2ccccc2)nc1-c1cccs1. The highest BCUT2D eigenvalue weighted by molar-refractivity contribution is 7.13. The molecule has 0 saturated heterocycles. The Balaban J connectivity index is 1.63. The van der Waals surface area contributed by atoms with E-state index in [-0.39, 0.29) is 12.3 Å². The van der Waals surface area contributed by atoms with Gasteiger partial charge in [0, 0.05) is 5.02 Å². The van der Waals surface area contributed by atoms with Crippen molar-refractivity contribution < 1.29 is 4.79 Å². The van der Waals surface area contributed by atoms with E-state index in [1.165, 1.54) is 0 Å². The molecule has 1 amide bonds. The topological polar surface area (TPSA) is 46.9 Å². The third-order valence-electron chi connectivity index (χ3n) is 4.02. The molecule has 2 heterocycles. The van der Waals surface area contributed by atoms with E-state index in [4.69, 9.17) is 11.6 Å². The van der Waals surface area contributed by atoms with Crippen molar-refractivity contribution in [2.24, 2.45) is 0 Å². The van der Waals surface area contributed by atoms with Crippen molar-refractivity contribution in [1.29, 1.82) is 0 Å². The maximum Gasteiger partial charge on any atom is 0.228 e. The van der Waals surface area contributed by atoms with Crippen LogP contribution in [0.15, 0.2) is 78.3 Å². The summed E-state index contributed by atoms with van der Waals surface area (Å²) in [5.74, 6) is -0.109. The highest BCUT2D eigenvalue weighted by Gasteiger charge is 2.16. The van der Waals surface area contributed by atoms with Gasteiger partial charge >= 0.3 is 0 Å². The van der Waals surface area contributed by atoms with Crippen molar-refractivity contribution in [3.8, 4) is 16.3 Å². The second-order valence-corrected chi connectivity index (χ2v) is 7.39. The molecular weight excluding hydrogens is 378 g/mol. The second-order valence-electron chi connectivity index (χ2n) is 6.00. The largest absolute Gasteiger partial charge is 0.323 e. The Morgan fingerprint density at radius 1 is 1.07 bits per heavy atom. The summed E-state index contributed by atoms with van der Waals surface area (Å²) in [6.07, 6.45) is 2.10. The molecule has 6 heteroatoms. The van der Waals surface area contributed by atoms with Crippen LogP contribution in [0.5, 0.6) is 0 Å². The molecule has 0 radical (unpaired) electrons. The minimum atomic E-state index is -0.109. The van der Waals surface area contributed by atoms with Crippen molar-refractivity contribution in [1.82, 2.24) is 9.78 Å². The van der Waals surface area contributed by atoms with E-state index < -0.39 is 0 Å². The summed E-state index contributed by atoms with van der Waals surface area (Å²) in [7, 11) is 0. The van der Waals surface area contributed by atoms with Gasteiger partial charge in [-0.2, -0.15) is 5.10 Å². The van der Waals surface area contributed by atoms with Crippen LogP contribution in [0, 0.1) is 0 Å². The van der Waals surface area contributed by atoms with E-state index in [9.17, 15) is 4.79 Å². The number of para-hydroxylation sites is 1. The molecule has 0 unspecified atom stereocenters. The molecule has 0 atom stereocenters. The maximum absolute atomic E-state index is 12.6. The van der Waals surface area contributed by atoms with Crippen LogP contribution in [0.3, 0.4) is 0 Å². The molecule has 2 aromatic carbocycles. The first-order valence-corrected chi connectivity index (χ1v) is 9.68. The van der Waals surface area contributed by atoms with Crippen LogP contribution in [-0.4, -0.2) is 15.7 Å². The molecule has 4 rings (SSSR count). The Morgan fingerprint density at radius 3 is 2.67 bits per heavy atom. The Bertz CT molecular complexity index is 1060. The van der Waals surface area contributed by atoms with Crippen molar-refractivity contribution in [2.45, 2.75) is 6.42 Å². The van der Waals surface area contributed by atoms with Gasteiger partial charge in [0.25, 0.3) is 0 Å². The van der Waals surface area contributed by atoms with Crippen molar-refractivity contribution in [3.63, 3.8) is 0 Å². The molecule has 4 aromatic rings. The van der Waals surface area contributed by atoms with Gasteiger partial charge in [0.2, 0.25) is 5.91 Å². The summed E-state index contributed by atoms with van der Waals surface area (Å²) in [6, 6.07) is 21.1. The highest BCUT2D eigenvalue weighted by atomic mass is 35.5. The second kappa shape index (κ2) is 7.78. The first-order chi connectivity index (χ1) is 13.2. The lowest BCUT2D eigenvalue weighted by Gasteiger charge is -2.05. The number of thiophene rings is 1. The highest BCUT2D eigenvalue weighted by Crippen LogP contribution is 2.31. The molecule has 0 saturated carbocycles. The molecular formula is C21H16ClN3OS. The number of benzene rings is 2. The molecule has 27 heavy (non-hydrogen) atoms. The minimum Gasteiger partial charge on any atom is -0.323 e. The maximum atomic E-state index is 12.6. The summed E-state index contributed by atoms with van der Waals surface area (Å²) in [5, 5.41) is 10.3. The van der Waals surface area contributed by atoms with Gasteiger partial charge in [0.15, 0.2) is 0 Å². The average Bonchev–Trinajstić information content (AvgIpc) is 3.32. The fraction of sp³-hybridized carbons (Fsp3) is 0.0476. The molecule has 0 fully saturated rings. The minimum absolute atomic E-state index is 0.109. The number of hydrogen-bond acceptors (Lipinski definition) is 3. The molecule has 1 N–H and O–H groups in total. The zero-order chi connectivity index (χ0) is 18.6. The van der Waals surface area contributed by atoms with Crippen molar-refractivity contribution in [3.05, 3.63) is 88.9 Å². The van der Waals surface area contributed by atoms with Crippen LogP contribution in [0.2, 0.25) is 5.02 Å². The van der Waals surface area contributed by atoms with Gasteiger partial charge in [-0.1, -0.05) is 48.0 Å². The molecule has 2 aromatic heterocycles. The summed E-state index contributed by atoms with van der Waals surface area (Å²) in [5.41, 5.74) is 3.25. The Labute approximate surface area is 166 Å². The number of nitrogens with one attached hydrogen (secondary N) is 1. The van der Waals surface area contributed by atoms with Gasteiger partial charge in [-0.25, -0.2) is 4.68 Å². The lowest BCUT2D eigenvalue weighted by atomic mass is 10.1. The quantitative estimate of drug-likeness (QED) is 0.491. The van der Waals surface area contributed by atoms with Gasteiger partial charge in [-0.05, 0) is 41.3 Å². The van der Waals surface area contributed by atoms with Crippen LogP contribution >= 0.6 is 22.9 Å². The van der Waals surface area contributed by atoms with E-state index >= 15 is 0 Å². The van der Waals surface area contributed by atoms with E-state index in [0.717, 1.165) is 21.8 Å². The van der Waals surface area contributed by atoms with Gasteiger partial charge < -0.3 is 5.32 Å². The Kier molecular flexibility index (Phi) is 5.05. The van der Waals surface area contributed by atoms with Crippen molar-refractivity contribution >= 4 is 34.5 Å². The third-order valence-corrected chi connectivity index (χ3v) is 5.13. The summed E-state index contributed by atoms with van der Waals surface area (Å²) >= 11 is 7.60. The molecule has 0 aliphatic heterocycles. The smallest absolute Gasteiger partial charge is 0.228 e. The number of nitrogens with zero attached hydrogens (tertiary/aromatic N) is 2. The van der Waals surface area contributed by atoms with Crippen LogP contribution in [-0.2, 0) is 11.2 Å². The molecule has 0 aliphatic carbocycles. The average molecular weight is 394 g/mol. The lowest BCUT2D eigenvalue weighted by molar-refractivity contribution is -0.115. The van der Waals surface area contributed by atoms with Crippen LogP contribution < -0.4 is 5.32 Å². The standard InChI is InChI=1S/C21H16ClN3OS/c22-16-7-4-6-15(12-16)13-20(26)23-18-14-25(17-8-2-1-3-9-17)24-21(18)19-10-5-11-27-19/h1-12,14H,13H2,(H,23,26). The number of aromatic nitrogens is 2. The Hall–Kier alpha value is -2.89. The summed E-state index contributed by atoms with van der Waals surface area (Å²) in [6.45, 7) is 0. The molecule has 0 bridgehead atoms. The third kappa shape index (κ3) is 4.10. The van der Waals surface area contributed by atoms with Gasteiger partial charge in [-0.3, -0.25) is 4.79 Å². The number of carbonyl (C=O) groups is 1. The van der Waals surface area contributed by atoms with Crippen LogP contribution in [0.25, 0.3) is 16.3 Å². The zero-order valence-electron chi connectivity index (χ0n) is 14.3. The van der Waals surface area contributed by atoms with Crippen molar-refractivity contribution in [2.75, 3.05) is 5.32 Å². The first-order valence-electron chi connectivity index (χ1n) is 8.42. The number of rotatable bonds is 5. The lowest BCUT2D eigenvalue weighted by Crippen LogP contribution is -2.14. The number of carbonyl (C=O) groups excluding carboxylic acids is 1. The predicted octanol–water partition coefficient (Wildman–Crippen LogP) is 5.44. The van der Waals surface area contributed by atoms with E-state index in [2.05, 4.69) is 10.4 Å². The summed E-state index contributed by atoms with van der Waals surface area (Å²) < 4.78 is 1.78. The predicted molar refractivity (Wildman–Crippen MR) is 111 cm³/mol. The van der Waals surface area contributed by atoms with E-state index in [1.807, 2.05) is 66.2 Å². The first kappa shape index (κ1) is 17.5. The monoisotopic (exact) mass is 393 g/mol. The van der Waals surface area contributed by atoms with Crippen LogP contribution in [0.4, 0.5) is 5.69 Å². The number of amides is 1. The molecule has 4 nitrogen and oxygen atoms in total. The van der Waals surface area contributed by atoms with Gasteiger partial charge in [0.1, 0.15) is 5.69 Å². The number of hydrogen-bond donors (Lipinski definition) is 1. The summed E-state index contributed by atoms with van der Waals surface area (Å²) in [4.78, 5) is 13.6. The molecule has 0 aliphatic rings. The fourth-order valence-electron chi connectivity index (χ4n) is 2.80. The molecule has 0 spiro atoms. The van der Waals surface area contributed by atoms with Gasteiger partial charge in [-0.15, -0.1) is 11.3 Å². The molecule has 134 valence electrons. The fourth-order valence-corrected chi connectivity index (χ4v) is 3.74. The Morgan fingerprint density at radius 2 is 1.93 bits per heavy atom. The van der Waals surface area contributed by atoms with Gasteiger partial charge in [0.05, 0.1) is 28.9 Å². The number of anilines is 1. The van der Waals surface area contributed by atoms with E-state index in [1.54, 1.807) is 28.2 Å². The normalized spacial score (nSPS) is 10.7. The van der Waals surface area contributed by atoms with Crippen LogP contribution in [0.1, 0.15) is 5.56 Å². The zero-order valence-corrected chi connectivity index (χ0v) is 15.9. The van der Waals surface area contributed by atoms with E-state index in [0.29, 0.717) is 10.7 Å². The number of halogens is 1.